The highest BCUT2D eigenvalue weighted by Crippen LogP contribution is 2.36. The van der Waals surface area contributed by atoms with Gasteiger partial charge in [-0.2, -0.15) is 0 Å². The number of hydrogen-bond donors (Lipinski definition) is 2. The zero-order chi connectivity index (χ0) is 13.9. The molecule has 0 spiro atoms. The van der Waals surface area contributed by atoms with Crippen molar-refractivity contribution in [2.24, 2.45) is 23.0 Å². The number of nitrogens with two attached hydrogens (primary N) is 1. The Bertz CT molecular complexity index is 311. The third kappa shape index (κ3) is 3.95. The van der Waals surface area contributed by atoms with Crippen LogP contribution in [0.25, 0.3) is 0 Å². The van der Waals surface area contributed by atoms with Crippen molar-refractivity contribution in [3.8, 4) is 0 Å². The Labute approximate surface area is 118 Å². The number of likely N-dealkylation sites (tertiary alicyclic amines) is 1. The van der Waals surface area contributed by atoms with E-state index in [4.69, 9.17) is 11.1 Å². The Morgan fingerprint density at radius 2 is 1.89 bits per heavy atom. The lowest BCUT2D eigenvalue weighted by Crippen LogP contribution is -2.42. The Morgan fingerprint density at radius 1 is 1.21 bits per heavy atom. The zero-order valence-electron chi connectivity index (χ0n) is 12.8. The third-order valence-electron chi connectivity index (χ3n) is 5.38. The largest absolute Gasteiger partial charge is 0.387 e. The maximum absolute atomic E-state index is 7.60. The predicted octanol–water partition coefficient (Wildman–Crippen LogP) is 3.24. The summed E-state index contributed by atoms with van der Waals surface area (Å²) in [4.78, 5) is 2.66. The molecule has 2 fully saturated rings. The third-order valence-corrected chi connectivity index (χ3v) is 5.38. The molecule has 0 aromatic heterocycles. The van der Waals surface area contributed by atoms with E-state index in [2.05, 4.69) is 18.7 Å². The van der Waals surface area contributed by atoms with E-state index in [9.17, 15) is 0 Å². The number of nitrogens with zero attached hydrogens (tertiary/aromatic N) is 1. The molecule has 2 atom stereocenters. The van der Waals surface area contributed by atoms with Crippen LogP contribution in [0.2, 0.25) is 0 Å². The first-order valence-corrected chi connectivity index (χ1v) is 8.06. The van der Waals surface area contributed by atoms with Gasteiger partial charge in [-0.15, -0.1) is 0 Å². The van der Waals surface area contributed by atoms with Crippen LogP contribution in [-0.2, 0) is 0 Å². The number of nitrogens with one attached hydrogen (secondary N) is 1. The van der Waals surface area contributed by atoms with Gasteiger partial charge in [0.2, 0.25) is 0 Å². The lowest BCUT2D eigenvalue weighted by atomic mass is 9.75. The van der Waals surface area contributed by atoms with E-state index in [1.807, 2.05) is 0 Å². The summed E-state index contributed by atoms with van der Waals surface area (Å²) in [6, 6.07) is 0. The molecular formula is C16H31N3. The highest BCUT2D eigenvalue weighted by Gasteiger charge is 2.31. The van der Waals surface area contributed by atoms with Crippen molar-refractivity contribution >= 4 is 5.84 Å². The molecule has 0 aromatic carbocycles. The van der Waals surface area contributed by atoms with Crippen LogP contribution in [0.4, 0.5) is 0 Å². The van der Waals surface area contributed by atoms with Gasteiger partial charge in [0.15, 0.2) is 0 Å². The van der Waals surface area contributed by atoms with Crippen molar-refractivity contribution in [2.45, 2.75) is 58.8 Å². The van der Waals surface area contributed by atoms with E-state index < -0.39 is 0 Å². The average Bonchev–Trinajstić information content (AvgIpc) is 2.38. The van der Waals surface area contributed by atoms with E-state index >= 15 is 0 Å². The number of amidine groups is 1. The summed E-state index contributed by atoms with van der Waals surface area (Å²) in [6.45, 7) is 7.98. The maximum Gasteiger partial charge on any atom is 0.0963 e. The van der Waals surface area contributed by atoms with Crippen LogP contribution in [0.3, 0.4) is 0 Å². The normalized spacial score (nSPS) is 28.9. The maximum atomic E-state index is 7.60. The summed E-state index contributed by atoms with van der Waals surface area (Å²) in [5.41, 5.74) is 5.52. The fraction of sp³-hybridized carbons (Fsp3) is 0.938. The van der Waals surface area contributed by atoms with Crippen LogP contribution >= 0.6 is 0 Å². The summed E-state index contributed by atoms with van der Waals surface area (Å²) < 4.78 is 0. The van der Waals surface area contributed by atoms with Gasteiger partial charge in [-0.3, -0.25) is 5.41 Å². The Hall–Kier alpha value is -0.570. The van der Waals surface area contributed by atoms with Gasteiger partial charge in [0.05, 0.1) is 5.84 Å². The second-order valence-corrected chi connectivity index (χ2v) is 7.30. The van der Waals surface area contributed by atoms with E-state index in [1.165, 1.54) is 58.2 Å². The molecule has 1 saturated carbocycles. The minimum absolute atomic E-state index is 0.122. The Morgan fingerprint density at radius 3 is 2.58 bits per heavy atom. The monoisotopic (exact) mass is 265 g/mol. The molecule has 110 valence electrons. The zero-order valence-corrected chi connectivity index (χ0v) is 12.8. The molecule has 0 radical (unpaired) electrons. The van der Waals surface area contributed by atoms with E-state index in [0.29, 0.717) is 5.84 Å². The molecular weight excluding hydrogens is 234 g/mol. The molecule has 1 aliphatic heterocycles. The Kier molecular flexibility index (Phi) is 4.88. The van der Waals surface area contributed by atoms with Crippen molar-refractivity contribution in [3.63, 3.8) is 0 Å². The first kappa shape index (κ1) is 14.8. The molecule has 3 N–H and O–H groups in total. The van der Waals surface area contributed by atoms with Crippen molar-refractivity contribution in [1.29, 1.82) is 5.41 Å². The molecule has 0 aromatic rings. The van der Waals surface area contributed by atoms with Crippen molar-refractivity contribution in [2.75, 3.05) is 19.6 Å². The molecule has 1 saturated heterocycles. The van der Waals surface area contributed by atoms with Crippen molar-refractivity contribution in [3.05, 3.63) is 0 Å². The molecule has 0 amide bonds. The van der Waals surface area contributed by atoms with Crippen molar-refractivity contribution < 1.29 is 0 Å². The summed E-state index contributed by atoms with van der Waals surface area (Å²) >= 11 is 0. The molecule has 2 unspecified atom stereocenters. The number of rotatable bonds is 5. The fourth-order valence-corrected chi connectivity index (χ4v) is 3.76. The topological polar surface area (TPSA) is 53.1 Å². The van der Waals surface area contributed by atoms with E-state index in [0.717, 1.165) is 18.3 Å². The number of piperidine rings is 1. The smallest absolute Gasteiger partial charge is 0.0963 e. The Balaban J connectivity index is 1.71. The minimum Gasteiger partial charge on any atom is -0.387 e. The summed E-state index contributed by atoms with van der Waals surface area (Å²) in [5, 5.41) is 7.60. The van der Waals surface area contributed by atoms with Gasteiger partial charge in [0, 0.05) is 12.0 Å². The first-order valence-electron chi connectivity index (χ1n) is 8.06. The first-order chi connectivity index (χ1) is 8.99. The van der Waals surface area contributed by atoms with Crippen LogP contribution < -0.4 is 5.73 Å². The molecule has 19 heavy (non-hydrogen) atoms. The highest BCUT2D eigenvalue weighted by molar-refractivity contribution is 5.82. The van der Waals surface area contributed by atoms with Crippen LogP contribution in [0.15, 0.2) is 0 Å². The second kappa shape index (κ2) is 6.25. The highest BCUT2D eigenvalue weighted by atomic mass is 15.1. The van der Waals surface area contributed by atoms with Gasteiger partial charge in [-0.25, -0.2) is 0 Å². The molecule has 2 aliphatic rings. The van der Waals surface area contributed by atoms with E-state index in [1.54, 1.807) is 0 Å². The standard InChI is InChI=1S/C16H31N3/c1-16(2,15(17)18)9-5-10-19-11-8-13-6-3-4-7-14(13)12-19/h13-14H,3-12H2,1-2H3,(H3,17,18). The van der Waals surface area contributed by atoms with Crippen molar-refractivity contribution in [1.82, 2.24) is 4.90 Å². The van der Waals surface area contributed by atoms with Crippen LogP contribution in [0, 0.1) is 22.7 Å². The summed E-state index contributed by atoms with van der Waals surface area (Å²) in [7, 11) is 0. The lowest BCUT2D eigenvalue weighted by Gasteiger charge is -2.41. The van der Waals surface area contributed by atoms with Gasteiger partial charge >= 0.3 is 0 Å². The average molecular weight is 265 g/mol. The summed E-state index contributed by atoms with van der Waals surface area (Å²) in [6.07, 6.45) is 9.48. The minimum atomic E-state index is -0.122. The molecule has 2 rings (SSSR count). The second-order valence-electron chi connectivity index (χ2n) is 7.30. The van der Waals surface area contributed by atoms with Crippen LogP contribution in [-0.4, -0.2) is 30.4 Å². The quantitative estimate of drug-likeness (QED) is 0.592. The van der Waals surface area contributed by atoms with Gasteiger partial charge in [-0.05, 0) is 50.6 Å². The van der Waals surface area contributed by atoms with Gasteiger partial charge in [0.25, 0.3) is 0 Å². The lowest BCUT2D eigenvalue weighted by molar-refractivity contribution is 0.0845. The van der Waals surface area contributed by atoms with Gasteiger partial charge in [0.1, 0.15) is 0 Å². The van der Waals surface area contributed by atoms with Crippen LogP contribution in [0.1, 0.15) is 58.8 Å². The number of hydrogen-bond acceptors (Lipinski definition) is 2. The predicted molar refractivity (Wildman–Crippen MR) is 81.4 cm³/mol. The number of fused-ring (bicyclic) bond motifs is 1. The fourth-order valence-electron chi connectivity index (χ4n) is 3.76. The molecule has 0 bridgehead atoms. The van der Waals surface area contributed by atoms with E-state index in [-0.39, 0.29) is 5.41 Å². The van der Waals surface area contributed by atoms with Gasteiger partial charge < -0.3 is 10.6 Å². The molecule has 3 nitrogen and oxygen atoms in total. The van der Waals surface area contributed by atoms with Gasteiger partial charge in [-0.1, -0.05) is 33.1 Å². The summed E-state index contributed by atoms with van der Waals surface area (Å²) in [5.74, 6) is 2.33. The molecule has 3 heteroatoms. The van der Waals surface area contributed by atoms with Crippen LogP contribution in [0.5, 0.6) is 0 Å². The molecule has 1 heterocycles. The molecule has 1 aliphatic carbocycles. The SMILES string of the molecule is CC(C)(CCCN1CCC2CCCCC2C1)C(=N)N.